The van der Waals surface area contributed by atoms with Crippen molar-refractivity contribution in [2.24, 2.45) is 5.73 Å². The third-order valence-electron chi connectivity index (χ3n) is 2.52. The van der Waals surface area contributed by atoms with Crippen molar-refractivity contribution >= 4 is 11.6 Å². The average Bonchev–Trinajstić information content (AvgIpc) is 2.39. The molecule has 0 heterocycles. The first-order chi connectivity index (χ1) is 9.10. The van der Waals surface area contributed by atoms with Gasteiger partial charge in [0.15, 0.2) is 11.6 Å². The minimum atomic E-state index is -0.512. The van der Waals surface area contributed by atoms with Gasteiger partial charge in [0.25, 0.3) is 0 Å². The molecule has 0 aromatic heterocycles. The molecule has 6 heteroatoms. The van der Waals surface area contributed by atoms with E-state index in [0.717, 1.165) is 0 Å². The molecule has 0 bridgehead atoms. The Morgan fingerprint density at radius 3 is 2.79 bits per heavy atom. The molecule has 106 valence electrons. The average molecular weight is 270 g/mol. The number of hydrogen-bond donors (Lipinski definition) is 2. The highest BCUT2D eigenvalue weighted by Gasteiger charge is 2.12. The van der Waals surface area contributed by atoms with Gasteiger partial charge in [-0.2, -0.15) is 0 Å². The van der Waals surface area contributed by atoms with Crippen molar-refractivity contribution in [3.63, 3.8) is 0 Å². The Bertz CT molecular complexity index is 422. The Morgan fingerprint density at radius 2 is 2.26 bits per heavy atom. The van der Waals surface area contributed by atoms with Crippen LogP contribution in [0.5, 0.6) is 5.75 Å². The van der Waals surface area contributed by atoms with E-state index >= 15 is 0 Å². The second-order valence-corrected chi connectivity index (χ2v) is 3.92. The lowest BCUT2D eigenvalue weighted by Gasteiger charge is -2.13. The van der Waals surface area contributed by atoms with E-state index < -0.39 is 5.82 Å². The van der Waals surface area contributed by atoms with Crippen LogP contribution in [-0.4, -0.2) is 32.3 Å². The summed E-state index contributed by atoms with van der Waals surface area (Å²) in [6, 6.07) is 4.27. The number of hydrogen-bond acceptors (Lipinski definition) is 4. The van der Waals surface area contributed by atoms with Gasteiger partial charge in [0.05, 0.1) is 19.1 Å². The maximum absolute atomic E-state index is 13.6. The maximum Gasteiger partial charge on any atom is 0.227 e. The zero-order valence-corrected chi connectivity index (χ0v) is 11.1. The summed E-state index contributed by atoms with van der Waals surface area (Å²) in [4.78, 5) is 11.7. The molecule has 0 saturated carbocycles. The summed E-state index contributed by atoms with van der Waals surface area (Å²) < 4.78 is 23.6. The summed E-state index contributed by atoms with van der Waals surface area (Å²) in [5.74, 6) is -0.625. The van der Waals surface area contributed by atoms with Crippen LogP contribution in [0.1, 0.15) is 13.3 Å². The minimum Gasteiger partial charge on any atom is -0.491 e. The van der Waals surface area contributed by atoms with Gasteiger partial charge in [-0.25, -0.2) is 4.39 Å². The molecule has 1 aromatic carbocycles. The lowest BCUT2D eigenvalue weighted by atomic mass is 10.2. The van der Waals surface area contributed by atoms with E-state index in [1.54, 1.807) is 13.0 Å². The first-order valence-electron chi connectivity index (χ1n) is 6.05. The van der Waals surface area contributed by atoms with Crippen molar-refractivity contribution in [3.8, 4) is 5.75 Å². The second-order valence-electron chi connectivity index (χ2n) is 3.92. The molecular formula is C13H19FN2O3. The molecule has 1 amide bonds. The van der Waals surface area contributed by atoms with Crippen molar-refractivity contribution in [1.82, 2.24) is 0 Å². The van der Waals surface area contributed by atoms with E-state index in [0.29, 0.717) is 12.3 Å². The highest BCUT2D eigenvalue weighted by atomic mass is 19.1. The number of halogens is 1. The largest absolute Gasteiger partial charge is 0.491 e. The third-order valence-corrected chi connectivity index (χ3v) is 2.52. The van der Waals surface area contributed by atoms with Crippen molar-refractivity contribution in [1.29, 1.82) is 0 Å². The number of carbonyl (C=O) groups is 1. The molecule has 1 rings (SSSR count). The van der Waals surface area contributed by atoms with Crippen LogP contribution in [0.2, 0.25) is 0 Å². The summed E-state index contributed by atoms with van der Waals surface area (Å²) in [7, 11) is 1.49. The zero-order valence-electron chi connectivity index (χ0n) is 11.1. The molecule has 0 aliphatic carbocycles. The molecule has 0 fully saturated rings. The fourth-order valence-electron chi connectivity index (χ4n) is 1.53. The maximum atomic E-state index is 13.6. The Labute approximate surface area is 111 Å². The number of amides is 1. The van der Waals surface area contributed by atoms with Crippen molar-refractivity contribution < 1.29 is 18.7 Å². The SMILES string of the molecule is CCOc1ccc(NC(=O)CC(CN)OC)cc1F. The highest BCUT2D eigenvalue weighted by Crippen LogP contribution is 2.21. The number of carbonyl (C=O) groups excluding carboxylic acids is 1. The normalized spacial score (nSPS) is 12.0. The van der Waals surface area contributed by atoms with Crippen LogP contribution in [0, 0.1) is 5.82 Å². The van der Waals surface area contributed by atoms with Crippen LogP contribution in [0.25, 0.3) is 0 Å². The van der Waals surface area contributed by atoms with Crippen LogP contribution >= 0.6 is 0 Å². The van der Waals surface area contributed by atoms with E-state index in [2.05, 4.69) is 5.32 Å². The second kappa shape index (κ2) is 7.70. The van der Waals surface area contributed by atoms with Crippen LogP contribution in [0.15, 0.2) is 18.2 Å². The molecule has 0 saturated heterocycles. The summed E-state index contributed by atoms with van der Waals surface area (Å²) in [5.41, 5.74) is 5.79. The fraction of sp³-hybridized carbons (Fsp3) is 0.462. The van der Waals surface area contributed by atoms with E-state index in [1.165, 1.54) is 19.2 Å². The van der Waals surface area contributed by atoms with Crippen molar-refractivity contribution in [3.05, 3.63) is 24.0 Å². The summed E-state index contributed by atoms with van der Waals surface area (Å²) in [6.07, 6.45) is -0.213. The number of ether oxygens (including phenoxy) is 2. The smallest absolute Gasteiger partial charge is 0.227 e. The number of nitrogens with two attached hydrogens (primary N) is 1. The van der Waals surface area contributed by atoms with E-state index in [9.17, 15) is 9.18 Å². The predicted molar refractivity (Wildman–Crippen MR) is 70.7 cm³/mol. The number of rotatable bonds is 7. The van der Waals surface area contributed by atoms with Gasteiger partial charge >= 0.3 is 0 Å². The van der Waals surface area contributed by atoms with E-state index in [-0.39, 0.29) is 30.7 Å². The fourth-order valence-corrected chi connectivity index (χ4v) is 1.53. The first-order valence-corrected chi connectivity index (χ1v) is 6.05. The Balaban J connectivity index is 2.62. The van der Waals surface area contributed by atoms with E-state index in [4.69, 9.17) is 15.2 Å². The molecule has 0 aliphatic heterocycles. The summed E-state index contributed by atoms with van der Waals surface area (Å²) >= 11 is 0. The highest BCUT2D eigenvalue weighted by molar-refractivity contribution is 5.91. The molecule has 0 radical (unpaired) electrons. The Kier molecular flexibility index (Phi) is 6.24. The number of benzene rings is 1. The molecule has 1 aromatic rings. The lowest BCUT2D eigenvalue weighted by molar-refractivity contribution is -0.118. The Morgan fingerprint density at radius 1 is 1.53 bits per heavy atom. The van der Waals surface area contributed by atoms with Crippen LogP contribution in [0.3, 0.4) is 0 Å². The van der Waals surface area contributed by atoms with Gasteiger partial charge < -0.3 is 20.5 Å². The van der Waals surface area contributed by atoms with Gasteiger partial charge in [0.2, 0.25) is 5.91 Å². The van der Waals surface area contributed by atoms with Gasteiger partial charge in [-0.1, -0.05) is 0 Å². The van der Waals surface area contributed by atoms with Crippen LogP contribution < -0.4 is 15.8 Å². The molecule has 3 N–H and O–H groups in total. The van der Waals surface area contributed by atoms with Crippen molar-refractivity contribution in [2.75, 3.05) is 25.6 Å². The zero-order chi connectivity index (χ0) is 14.3. The van der Waals surface area contributed by atoms with Crippen LogP contribution in [-0.2, 0) is 9.53 Å². The quantitative estimate of drug-likeness (QED) is 0.788. The third kappa shape index (κ3) is 4.84. The van der Waals surface area contributed by atoms with Crippen molar-refractivity contribution in [2.45, 2.75) is 19.4 Å². The lowest BCUT2D eigenvalue weighted by Crippen LogP contribution is -2.28. The number of nitrogens with one attached hydrogen (secondary N) is 1. The number of methoxy groups -OCH3 is 1. The first kappa shape index (κ1) is 15.4. The van der Waals surface area contributed by atoms with Gasteiger partial charge in [-0.15, -0.1) is 0 Å². The predicted octanol–water partition coefficient (Wildman–Crippen LogP) is 1.53. The topological polar surface area (TPSA) is 73.6 Å². The van der Waals surface area contributed by atoms with Gasteiger partial charge in [-0.05, 0) is 19.1 Å². The molecule has 1 unspecified atom stereocenters. The molecular weight excluding hydrogens is 251 g/mol. The van der Waals surface area contributed by atoms with Gasteiger partial charge in [0.1, 0.15) is 0 Å². The summed E-state index contributed by atoms with van der Waals surface area (Å²) in [5, 5.41) is 2.58. The minimum absolute atomic E-state index is 0.127. The van der Waals surface area contributed by atoms with Crippen LogP contribution in [0.4, 0.5) is 10.1 Å². The van der Waals surface area contributed by atoms with E-state index in [1.807, 2.05) is 0 Å². The standard InChI is InChI=1S/C13H19FN2O3/c1-3-19-12-5-4-9(6-11(12)14)16-13(17)7-10(8-15)18-2/h4-6,10H,3,7-8,15H2,1-2H3,(H,16,17). The molecule has 5 nitrogen and oxygen atoms in total. The molecule has 0 aliphatic rings. The molecule has 0 spiro atoms. The van der Waals surface area contributed by atoms with Gasteiger partial charge in [-0.3, -0.25) is 4.79 Å². The molecule has 19 heavy (non-hydrogen) atoms. The monoisotopic (exact) mass is 270 g/mol. The summed E-state index contributed by atoms with van der Waals surface area (Å²) in [6.45, 7) is 2.41. The number of anilines is 1. The van der Waals surface area contributed by atoms with Gasteiger partial charge in [0, 0.05) is 25.4 Å². The molecule has 1 atom stereocenters. The Hall–Kier alpha value is -1.66.